The van der Waals surface area contributed by atoms with E-state index in [4.69, 9.17) is 5.21 Å². The lowest BCUT2D eigenvalue weighted by molar-refractivity contribution is -0.111. The largest absolute Gasteiger partial charge is 0.411 e. The Morgan fingerprint density at radius 3 is 2.60 bits per heavy atom. The molecule has 0 unspecified atom stereocenters. The van der Waals surface area contributed by atoms with Gasteiger partial charge in [0, 0.05) is 19.8 Å². The summed E-state index contributed by atoms with van der Waals surface area (Å²) in [6.45, 7) is 1.29. The van der Waals surface area contributed by atoms with Gasteiger partial charge < -0.3 is 10.0 Å². The Morgan fingerprint density at radius 2 is 2.30 bits per heavy atom. The molecule has 56 valence electrons. The van der Waals surface area contributed by atoms with E-state index in [9.17, 15) is 9.59 Å². The predicted molar refractivity (Wildman–Crippen MR) is 35.2 cm³/mol. The molecule has 0 aromatic rings. The molecule has 0 saturated heterocycles. The van der Waals surface area contributed by atoms with Crippen LogP contribution in [0.3, 0.4) is 0 Å². The zero-order valence-corrected chi connectivity index (χ0v) is 5.70. The molecule has 0 atom stereocenters. The number of rotatable bonds is 4. The smallest absolute Gasteiger partial charge is 0.177 e. The summed E-state index contributed by atoms with van der Waals surface area (Å²) in [4.78, 5) is 20.3. The molecular formula is C6H9NO3. The van der Waals surface area contributed by atoms with E-state index < -0.39 is 0 Å². The number of aldehydes is 1. The van der Waals surface area contributed by atoms with E-state index in [-0.39, 0.29) is 24.3 Å². The van der Waals surface area contributed by atoms with Gasteiger partial charge in [-0.2, -0.15) is 0 Å². The van der Waals surface area contributed by atoms with Gasteiger partial charge in [-0.25, -0.2) is 0 Å². The van der Waals surface area contributed by atoms with Crippen LogP contribution in [0.5, 0.6) is 0 Å². The zero-order chi connectivity index (χ0) is 7.98. The third-order valence-electron chi connectivity index (χ3n) is 1.03. The summed E-state index contributed by atoms with van der Waals surface area (Å²) in [6, 6.07) is 0. The maximum absolute atomic E-state index is 10.5. The van der Waals surface area contributed by atoms with Gasteiger partial charge >= 0.3 is 0 Å². The van der Waals surface area contributed by atoms with Crippen molar-refractivity contribution < 1.29 is 14.8 Å². The lowest BCUT2D eigenvalue weighted by Crippen LogP contribution is -2.09. The van der Waals surface area contributed by atoms with E-state index in [0.29, 0.717) is 6.29 Å². The fourth-order valence-corrected chi connectivity index (χ4v) is 0.492. The van der Waals surface area contributed by atoms with Crippen LogP contribution < -0.4 is 0 Å². The van der Waals surface area contributed by atoms with Gasteiger partial charge in [0.05, 0.1) is 0 Å². The maximum atomic E-state index is 10.5. The molecule has 0 radical (unpaired) electrons. The van der Waals surface area contributed by atoms with Gasteiger partial charge in [-0.15, -0.1) is 0 Å². The molecule has 0 heterocycles. The van der Waals surface area contributed by atoms with Crippen LogP contribution in [0.25, 0.3) is 0 Å². The zero-order valence-electron chi connectivity index (χ0n) is 5.70. The highest BCUT2D eigenvalue weighted by Gasteiger charge is 2.04. The van der Waals surface area contributed by atoms with E-state index in [0.717, 1.165) is 0 Å². The molecule has 0 bridgehead atoms. The second-order valence-corrected chi connectivity index (χ2v) is 1.81. The molecule has 0 aromatic heterocycles. The molecule has 0 rings (SSSR count). The topological polar surface area (TPSA) is 66.7 Å². The molecule has 0 amide bonds. The summed E-state index contributed by atoms with van der Waals surface area (Å²) in [5.41, 5.74) is 0.0482. The Hall–Kier alpha value is -1.19. The number of oxime groups is 1. The van der Waals surface area contributed by atoms with Gasteiger partial charge in [0.25, 0.3) is 0 Å². The van der Waals surface area contributed by atoms with E-state index in [2.05, 4.69) is 5.16 Å². The van der Waals surface area contributed by atoms with Crippen molar-refractivity contribution in [2.75, 3.05) is 0 Å². The fourth-order valence-electron chi connectivity index (χ4n) is 0.492. The van der Waals surface area contributed by atoms with Crippen LogP contribution in [0.15, 0.2) is 5.16 Å². The molecule has 0 aliphatic rings. The molecule has 0 aromatic carbocycles. The van der Waals surface area contributed by atoms with Crippen molar-refractivity contribution in [1.82, 2.24) is 0 Å². The highest BCUT2D eigenvalue weighted by atomic mass is 16.4. The minimum Gasteiger partial charge on any atom is -0.411 e. The number of hydrogen-bond acceptors (Lipinski definition) is 4. The minimum absolute atomic E-state index is 0.0482. The van der Waals surface area contributed by atoms with Crippen LogP contribution in [0.4, 0.5) is 0 Å². The molecular weight excluding hydrogens is 134 g/mol. The van der Waals surface area contributed by atoms with Gasteiger partial charge in [0.2, 0.25) is 0 Å². The van der Waals surface area contributed by atoms with Gasteiger partial charge in [-0.3, -0.25) is 4.79 Å². The quantitative estimate of drug-likeness (QED) is 0.268. The monoisotopic (exact) mass is 143 g/mol. The first-order valence-corrected chi connectivity index (χ1v) is 2.88. The molecule has 0 aliphatic carbocycles. The van der Waals surface area contributed by atoms with Crippen molar-refractivity contribution in [3.63, 3.8) is 0 Å². The molecule has 0 saturated carbocycles. The molecule has 4 nitrogen and oxygen atoms in total. The van der Waals surface area contributed by atoms with Crippen molar-refractivity contribution in [3.8, 4) is 0 Å². The van der Waals surface area contributed by atoms with Crippen molar-refractivity contribution in [1.29, 1.82) is 0 Å². The molecule has 1 N–H and O–H groups in total. The normalized spacial score (nSPS) is 11.1. The Morgan fingerprint density at radius 1 is 1.70 bits per heavy atom. The average molecular weight is 143 g/mol. The second-order valence-electron chi connectivity index (χ2n) is 1.81. The first kappa shape index (κ1) is 8.81. The van der Waals surface area contributed by atoms with E-state index in [1.165, 1.54) is 6.92 Å². The molecule has 0 fully saturated rings. The number of hydrogen-bond donors (Lipinski definition) is 1. The first-order chi connectivity index (χ1) is 4.72. The average Bonchev–Trinajstić information content (AvgIpc) is 1.89. The predicted octanol–water partition coefficient (Wildman–Crippen LogP) is 0.385. The van der Waals surface area contributed by atoms with Gasteiger partial charge in [-0.1, -0.05) is 5.16 Å². The SMILES string of the molecule is CC(=O)/C(CCC=O)=N\O. The van der Waals surface area contributed by atoms with Crippen molar-refractivity contribution in [2.45, 2.75) is 19.8 Å². The van der Waals surface area contributed by atoms with Gasteiger partial charge in [0.15, 0.2) is 5.78 Å². The Bertz CT molecular complexity index is 162. The lowest BCUT2D eigenvalue weighted by Gasteiger charge is -1.92. The number of nitrogens with zero attached hydrogens (tertiary/aromatic N) is 1. The maximum Gasteiger partial charge on any atom is 0.177 e. The van der Waals surface area contributed by atoms with Crippen molar-refractivity contribution >= 4 is 17.8 Å². The van der Waals surface area contributed by atoms with Gasteiger partial charge in [0.1, 0.15) is 12.0 Å². The Balaban J connectivity index is 3.85. The van der Waals surface area contributed by atoms with E-state index in [1.807, 2.05) is 0 Å². The number of ketones is 1. The number of carbonyl (C=O) groups is 2. The number of carbonyl (C=O) groups excluding carboxylic acids is 2. The minimum atomic E-state index is -0.302. The number of Topliss-reactive ketones (excluding diaryl/α,β-unsaturated/α-hetero) is 1. The van der Waals surface area contributed by atoms with Crippen LogP contribution in [0.1, 0.15) is 19.8 Å². The molecule has 10 heavy (non-hydrogen) atoms. The van der Waals surface area contributed by atoms with Crippen LogP contribution in [0, 0.1) is 0 Å². The van der Waals surface area contributed by atoms with Crippen LogP contribution in [-0.2, 0) is 9.59 Å². The van der Waals surface area contributed by atoms with Crippen molar-refractivity contribution in [3.05, 3.63) is 0 Å². The Labute approximate surface area is 58.5 Å². The summed E-state index contributed by atoms with van der Waals surface area (Å²) in [7, 11) is 0. The highest BCUT2D eigenvalue weighted by molar-refractivity contribution is 6.38. The summed E-state index contributed by atoms with van der Waals surface area (Å²) in [5.74, 6) is -0.302. The Kier molecular flexibility index (Phi) is 4.11. The summed E-state index contributed by atoms with van der Waals surface area (Å²) >= 11 is 0. The molecule has 0 aliphatic heterocycles. The van der Waals surface area contributed by atoms with Crippen molar-refractivity contribution in [2.24, 2.45) is 5.16 Å². The molecule has 0 spiro atoms. The molecule has 4 heteroatoms. The van der Waals surface area contributed by atoms with Crippen LogP contribution >= 0.6 is 0 Å². The van der Waals surface area contributed by atoms with Crippen LogP contribution in [0.2, 0.25) is 0 Å². The van der Waals surface area contributed by atoms with Gasteiger partial charge in [-0.05, 0) is 0 Å². The summed E-state index contributed by atoms with van der Waals surface area (Å²) in [6.07, 6.45) is 1.11. The fraction of sp³-hybridized carbons (Fsp3) is 0.500. The lowest BCUT2D eigenvalue weighted by atomic mass is 10.2. The van der Waals surface area contributed by atoms with Crippen LogP contribution in [-0.4, -0.2) is 23.0 Å². The summed E-state index contributed by atoms with van der Waals surface area (Å²) in [5, 5.41) is 10.9. The highest BCUT2D eigenvalue weighted by Crippen LogP contribution is 1.91. The third kappa shape index (κ3) is 2.96. The summed E-state index contributed by atoms with van der Waals surface area (Å²) < 4.78 is 0. The second kappa shape index (κ2) is 4.67. The van der Waals surface area contributed by atoms with E-state index in [1.54, 1.807) is 0 Å². The first-order valence-electron chi connectivity index (χ1n) is 2.88. The standard InChI is InChI=1S/C6H9NO3/c1-5(9)6(7-10)3-2-4-8/h4,10H,2-3H2,1H3/b7-6-. The third-order valence-corrected chi connectivity index (χ3v) is 1.03. The van der Waals surface area contributed by atoms with E-state index >= 15 is 0 Å².